The maximum atomic E-state index is 10.9. The first-order chi connectivity index (χ1) is 10.0. The van der Waals surface area contributed by atoms with Crippen molar-refractivity contribution in [3.05, 3.63) is 33.9 Å². The summed E-state index contributed by atoms with van der Waals surface area (Å²) in [6, 6.07) is 6.02. The molecule has 0 unspecified atom stereocenters. The number of hydrogen-bond acceptors (Lipinski definition) is 4. The van der Waals surface area contributed by atoms with Crippen molar-refractivity contribution in [2.75, 3.05) is 11.4 Å². The molecule has 0 saturated heterocycles. The highest BCUT2D eigenvalue weighted by Crippen LogP contribution is 2.31. The number of nitro groups is 1. The van der Waals surface area contributed by atoms with E-state index in [-0.39, 0.29) is 10.6 Å². The van der Waals surface area contributed by atoms with Gasteiger partial charge in [0.15, 0.2) is 0 Å². The lowest BCUT2D eigenvalue weighted by atomic mass is 9.90. The molecule has 2 N–H and O–H groups in total. The van der Waals surface area contributed by atoms with E-state index >= 15 is 0 Å². The highest BCUT2D eigenvalue weighted by Gasteiger charge is 2.25. The topological polar surface area (TPSA) is 72.4 Å². The van der Waals surface area contributed by atoms with E-state index in [2.05, 4.69) is 11.8 Å². The highest BCUT2D eigenvalue weighted by molar-refractivity contribution is 5.58. The summed E-state index contributed by atoms with van der Waals surface area (Å²) in [7, 11) is 0. The van der Waals surface area contributed by atoms with Gasteiger partial charge in [-0.2, -0.15) is 0 Å². The van der Waals surface area contributed by atoms with Gasteiger partial charge in [-0.1, -0.05) is 6.92 Å². The van der Waals surface area contributed by atoms with Crippen molar-refractivity contribution in [3.8, 4) is 0 Å². The standard InChI is InChI=1S/C16H25N3O2/c1-3-10-18(14-6-4-13(17)5-7-14)16-9-8-15(19(20)21)11-12(16)2/h8-9,11,13-14H,3-7,10,17H2,1-2H3. The summed E-state index contributed by atoms with van der Waals surface area (Å²) in [5.41, 5.74) is 8.27. The first kappa shape index (κ1) is 15.8. The van der Waals surface area contributed by atoms with E-state index in [0.717, 1.165) is 49.9 Å². The van der Waals surface area contributed by atoms with Crippen LogP contribution in [-0.4, -0.2) is 23.6 Å². The van der Waals surface area contributed by atoms with E-state index in [1.54, 1.807) is 12.1 Å². The molecule has 0 aromatic heterocycles. The minimum absolute atomic E-state index is 0.165. The second-order valence-corrected chi connectivity index (χ2v) is 5.99. The zero-order valence-electron chi connectivity index (χ0n) is 12.9. The molecular weight excluding hydrogens is 266 g/mol. The molecule has 1 aliphatic carbocycles. The Bertz CT molecular complexity index is 496. The summed E-state index contributed by atoms with van der Waals surface area (Å²) >= 11 is 0. The van der Waals surface area contributed by atoms with E-state index < -0.39 is 0 Å². The van der Waals surface area contributed by atoms with Crippen molar-refractivity contribution in [2.45, 2.75) is 58.0 Å². The molecule has 0 amide bonds. The van der Waals surface area contributed by atoms with Crippen molar-refractivity contribution in [1.29, 1.82) is 0 Å². The maximum absolute atomic E-state index is 10.9. The summed E-state index contributed by atoms with van der Waals surface area (Å²) in [5.74, 6) is 0. The summed E-state index contributed by atoms with van der Waals surface area (Å²) in [6.45, 7) is 5.11. The molecule has 0 spiro atoms. The number of rotatable bonds is 5. The normalized spacial score (nSPS) is 22.0. The van der Waals surface area contributed by atoms with Crippen molar-refractivity contribution in [2.24, 2.45) is 5.73 Å². The fraction of sp³-hybridized carbons (Fsp3) is 0.625. The molecule has 0 heterocycles. The van der Waals surface area contributed by atoms with Gasteiger partial charge in [-0.15, -0.1) is 0 Å². The van der Waals surface area contributed by atoms with Gasteiger partial charge >= 0.3 is 0 Å². The summed E-state index contributed by atoms with van der Waals surface area (Å²) in [5, 5.41) is 10.9. The molecular formula is C16H25N3O2. The molecule has 116 valence electrons. The molecule has 21 heavy (non-hydrogen) atoms. The molecule has 1 aromatic rings. The van der Waals surface area contributed by atoms with Gasteiger partial charge in [-0.25, -0.2) is 0 Å². The molecule has 0 radical (unpaired) electrons. The molecule has 0 aliphatic heterocycles. The van der Waals surface area contributed by atoms with Crippen LogP contribution in [0.15, 0.2) is 18.2 Å². The maximum Gasteiger partial charge on any atom is 0.269 e. The SMILES string of the molecule is CCCN(c1ccc([N+](=O)[O-])cc1C)C1CCC(N)CC1. The second-order valence-electron chi connectivity index (χ2n) is 5.99. The Balaban J connectivity index is 2.23. The number of nitrogens with two attached hydrogens (primary N) is 1. The number of non-ortho nitro benzene ring substituents is 1. The predicted octanol–water partition coefficient (Wildman–Crippen LogP) is 3.39. The van der Waals surface area contributed by atoms with Crippen LogP contribution >= 0.6 is 0 Å². The Morgan fingerprint density at radius 2 is 2.00 bits per heavy atom. The van der Waals surface area contributed by atoms with Crippen molar-refractivity contribution in [3.63, 3.8) is 0 Å². The Morgan fingerprint density at radius 3 is 2.52 bits per heavy atom. The zero-order valence-corrected chi connectivity index (χ0v) is 12.9. The van der Waals surface area contributed by atoms with Crippen LogP contribution in [0.25, 0.3) is 0 Å². The van der Waals surface area contributed by atoms with Crippen LogP contribution in [0.3, 0.4) is 0 Å². The van der Waals surface area contributed by atoms with Crippen LogP contribution in [0.2, 0.25) is 0 Å². The quantitative estimate of drug-likeness (QED) is 0.666. The number of aryl methyl sites for hydroxylation is 1. The lowest BCUT2D eigenvalue weighted by molar-refractivity contribution is -0.384. The number of anilines is 1. The van der Waals surface area contributed by atoms with E-state index in [1.807, 2.05) is 13.0 Å². The van der Waals surface area contributed by atoms with E-state index in [1.165, 1.54) is 0 Å². The van der Waals surface area contributed by atoms with Gasteiger partial charge < -0.3 is 10.6 Å². The minimum Gasteiger partial charge on any atom is -0.368 e. The molecule has 0 bridgehead atoms. The van der Waals surface area contributed by atoms with Gasteiger partial charge in [-0.3, -0.25) is 10.1 Å². The van der Waals surface area contributed by atoms with Crippen LogP contribution in [0.5, 0.6) is 0 Å². The van der Waals surface area contributed by atoms with Crippen LogP contribution < -0.4 is 10.6 Å². The monoisotopic (exact) mass is 291 g/mol. The summed E-state index contributed by atoms with van der Waals surface area (Å²) < 4.78 is 0. The Labute approximate surface area is 126 Å². The third-order valence-corrected chi connectivity index (χ3v) is 4.35. The summed E-state index contributed by atoms with van der Waals surface area (Å²) in [4.78, 5) is 13.0. The van der Waals surface area contributed by atoms with E-state index in [4.69, 9.17) is 5.73 Å². The summed E-state index contributed by atoms with van der Waals surface area (Å²) in [6.07, 6.45) is 5.42. The molecule has 1 saturated carbocycles. The van der Waals surface area contributed by atoms with Gasteiger partial charge in [-0.05, 0) is 50.7 Å². The molecule has 0 atom stereocenters. The second kappa shape index (κ2) is 6.89. The van der Waals surface area contributed by atoms with Crippen LogP contribution in [0.4, 0.5) is 11.4 Å². The van der Waals surface area contributed by atoms with Gasteiger partial charge in [0.05, 0.1) is 4.92 Å². The van der Waals surface area contributed by atoms with Gasteiger partial charge in [0.25, 0.3) is 5.69 Å². The van der Waals surface area contributed by atoms with Crippen molar-refractivity contribution in [1.82, 2.24) is 0 Å². The van der Waals surface area contributed by atoms with E-state index in [9.17, 15) is 10.1 Å². The van der Waals surface area contributed by atoms with Crippen LogP contribution in [0, 0.1) is 17.0 Å². The van der Waals surface area contributed by atoms with Crippen LogP contribution in [0.1, 0.15) is 44.6 Å². The number of benzene rings is 1. The van der Waals surface area contributed by atoms with Gasteiger partial charge in [0, 0.05) is 36.4 Å². The average molecular weight is 291 g/mol. The Hall–Kier alpha value is -1.62. The lowest BCUT2D eigenvalue weighted by Gasteiger charge is -2.38. The average Bonchev–Trinajstić information content (AvgIpc) is 2.46. The number of nitro benzene ring substituents is 1. The molecule has 1 aliphatic rings. The van der Waals surface area contributed by atoms with Crippen LogP contribution in [-0.2, 0) is 0 Å². The molecule has 5 heteroatoms. The smallest absolute Gasteiger partial charge is 0.269 e. The zero-order chi connectivity index (χ0) is 15.4. The molecule has 1 fully saturated rings. The fourth-order valence-electron chi connectivity index (χ4n) is 3.23. The third kappa shape index (κ3) is 3.73. The van der Waals surface area contributed by atoms with Crippen molar-refractivity contribution < 1.29 is 4.92 Å². The van der Waals surface area contributed by atoms with Crippen molar-refractivity contribution >= 4 is 11.4 Å². The largest absolute Gasteiger partial charge is 0.368 e. The number of hydrogen-bond donors (Lipinski definition) is 1. The third-order valence-electron chi connectivity index (χ3n) is 4.35. The minimum atomic E-state index is -0.333. The Morgan fingerprint density at radius 1 is 1.33 bits per heavy atom. The first-order valence-corrected chi connectivity index (χ1v) is 7.80. The first-order valence-electron chi connectivity index (χ1n) is 7.80. The predicted molar refractivity (Wildman–Crippen MR) is 85.7 cm³/mol. The molecule has 1 aromatic carbocycles. The Kier molecular flexibility index (Phi) is 5.17. The molecule has 2 rings (SSSR count). The fourth-order valence-corrected chi connectivity index (χ4v) is 3.23. The van der Waals surface area contributed by atoms with Gasteiger partial charge in [0.2, 0.25) is 0 Å². The van der Waals surface area contributed by atoms with Gasteiger partial charge in [0.1, 0.15) is 0 Å². The number of nitrogens with zero attached hydrogens (tertiary/aromatic N) is 2. The molecule has 5 nitrogen and oxygen atoms in total. The highest BCUT2D eigenvalue weighted by atomic mass is 16.6. The lowest BCUT2D eigenvalue weighted by Crippen LogP contribution is -2.41. The van der Waals surface area contributed by atoms with E-state index in [0.29, 0.717) is 12.1 Å².